The summed E-state index contributed by atoms with van der Waals surface area (Å²) in [7, 11) is 1.59. The maximum Gasteiger partial charge on any atom is 0.173 e. The van der Waals surface area contributed by atoms with Crippen LogP contribution in [0.2, 0.25) is 0 Å². The molecule has 112 valence electrons. The van der Waals surface area contributed by atoms with E-state index in [1.54, 1.807) is 31.4 Å². The average molecular weight is 312 g/mol. The van der Waals surface area contributed by atoms with Crippen LogP contribution in [0.3, 0.4) is 0 Å². The average Bonchev–Trinajstić information content (AvgIpc) is 2.52. The minimum absolute atomic E-state index is 0.00231. The van der Waals surface area contributed by atoms with Crippen molar-refractivity contribution in [3.8, 4) is 11.8 Å². The highest BCUT2D eigenvalue weighted by Gasteiger charge is 2.12. The first-order valence-corrected chi connectivity index (χ1v) is 7.72. The Bertz CT molecular complexity index is 734. The molecule has 1 aromatic heterocycles. The van der Waals surface area contributed by atoms with Gasteiger partial charge in [-0.1, -0.05) is 11.8 Å². The van der Waals surface area contributed by atoms with Crippen molar-refractivity contribution in [3.63, 3.8) is 0 Å². The number of methoxy groups -OCH3 is 1. The first-order valence-electron chi connectivity index (χ1n) is 6.73. The van der Waals surface area contributed by atoms with Gasteiger partial charge < -0.3 is 4.74 Å². The summed E-state index contributed by atoms with van der Waals surface area (Å²) in [5.74, 6) is 0.959. The van der Waals surface area contributed by atoms with E-state index in [1.165, 1.54) is 11.8 Å². The normalized spacial score (nSPS) is 10.1. The van der Waals surface area contributed by atoms with Gasteiger partial charge in [0.2, 0.25) is 0 Å². The predicted octanol–water partition coefficient (Wildman–Crippen LogP) is 3.55. The minimum Gasteiger partial charge on any atom is -0.497 e. The van der Waals surface area contributed by atoms with Gasteiger partial charge in [0.05, 0.1) is 18.4 Å². The number of hydrogen-bond donors (Lipinski definition) is 0. The molecule has 0 spiro atoms. The number of nitriles is 1. The van der Waals surface area contributed by atoms with Gasteiger partial charge in [0, 0.05) is 11.3 Å². The lowest BCUT2D eigenvalue weighted by atomic mass is 10.1. The van der Waals surface area contributed by atoms with Crippen LogP contribution in [0.1, 0.15) is 27.2 Å². The van der Waals surface area contributed by atoms with Crippen LogP contribution in [0.15, 0.2) is 35.4 Å². The van der Waals surface area contributed by atoms with Gasteiger partial charge in [-0.05, 0) is 49.7 Å². The van der Waals surface area contributed by atoms with Crippen molar-refractivity contribution in [1.82, 2.24) is 4.98 Å². The molecule has 0 fully saturated rings. The highest BCUT2D eigenvalue weighted by Crippen LogP contribution is 2.24. The molecule has 0 unspecified atom stereocenters. The van der Waals surface area contributed by atoms with E-state index in [9.17, 15) is 10.1 Å². The fourth-order valence-corrected chi connectivity index (χ4v) is 3.03. The quantitative estimate of drug-likeness (QED) is 0.624. The maximum atomic E-state index is 12.2. The van der Waals surface area contributed by atoms with E-state index in [4.69, 9.17) is 4.74 Å². The van der Waals surface area contributed by atoms with Gasteiger partial charge in [0.25, 0.3) is 0 Å². The molecule has 2 aromatic rings. The largest absolute Gasteiger partial charge is 0.497 e. The molecule has 1 heterocycles. The highest BCUT2D eigenvalue weighted by atomic mass is 32.2. The second-order valence-electron chi connectivity index (χ2n) is 4.81. The Kier molecular flexibility index (Phi) is 5.18. The number of pyridine rings is 1. The fraction of sp³-hybridized carbons (Fsp3) is 0.235. The van der Waals surface area contributed by atoms with E-state index in [0.29, 0.717) is 21.9 Å². The Morgan fingerprint density at radius 2 is 2.00 bits per heavy atom. The van der Waals surface area contributed by atoms with Crippen LogP contribution in [-0.4, -0.2) is 23.6 Å². The van der Waals surface area contributed by atoms with Crippen LogP contribution in [0.25, 0.3) is 0 Å². The molecule has 0 saturated heterocycles. The van der Waals surface area contributed by atoms with Crippen molar-refractivity contribution in [2.75, 3.05) is 12.9 Å². The van der Waals surface area contributed by atoms with E-state index in [2.05, 4.69) is 11.1 Å². The Labute approximate surface area is 134 Å². The Morgan fingerprint density at radius 1 is 1.32 bits per heavy atom. The standard InChI is InChI=1S/C17H16N2O2S/c1-11-8-12(2)19-17(15(11)9-18)22-10-16(20)13-4-6-14(21-3)7-5-13/h4-8H,10H2,1-3H3. The van der Waals surface area contributed by atoms with Gasteiger partial charge in [0.1, 0.15) is 16.8 Å². The molecule has 0 aliphatic rings. The van der Waals surface area contributed by atoms with E-state index < -0.39 is 0 Å². The lowest BCUT2D eigenvalue weighted by Gasteiger charge is -2.07. The highest BCUT2D eigenvalue weighted by molar-refractivity contribution is 8.00. The first-order chi connectivity index (χ1) is 10.5. The summed E-state index contributed by atoms with van der Waals surface area (Å²) in [6.45, 7) is 3.76. The van der Waals surface area contributed by atoms with Crippen molar-refractivity contribution in [3.05, 3.63) is 52.7 Å². The zero-order chi connectivity index (χ0) is 16.1. The van der Waals surface area contributed by atoms with Gasteiger partial charge in [-0.15, -0.1) is 0 Å². The predicted molar refractivity (Wildman–Crippen MR) is 86.5 cm³/mol. The van der Waals surface area contributed by atoms with Crippen LogP contribution in [0, 0.1) is 25.2 Å². The molecular formula is C17H16N2O2S. The molecule has 0 atom stereocenters. The van der Waals surface area contributed by atoms with Crippen molar-refractivity contribution in [1.29, 1.82) is 5.26 Å². The zero-order valence-corrected chi connectivity index (χ0v) is 13.5. The number of carbonyl (C=O) groups is 1. The Hall–Kier alpha value is -2.32. The molecule has 22 heavy (non-hydrogen) atoms. The number of ketones is 1. The van der Waals surface area contributed by atoms with E-state index >= 15 is 0 Å². The Morgan fingerprint density at radius 3 is 2.59 bits per heavy atom. The number of benzene rings is 1. The Balaban J connectivity index is 2.12. The molecule has 0 N–H and O–H groups in total. The number of Topliss-reactive ketones (excluding diaryl/α,β-unsaturated/α-hetero) is 1. The third kappa shape index (κ3) is 3.66. The number of nitrogens with zero attached hydrogens (tertiary/aromatic N) is 2. The molecule has 0 amide bonds. The van der Waals surface area contributed by atoms with Gasteiger partial charge >= 0.3 is 0 Å². The van der Waals surface area contributed by atoms with Crippen LogP contribution in [0.5, 0.6) is 5.75 Å². The molecule has 1 aromatic carbocycles. The summed E-state index contributed by atoms with van der Waals surface area (Å²) >= 11 is 1.30. The summed E-state index contributed by atoms with van der Waals surface area (Å²) in [6, 6.07) is 11.0. The second-order valence-corrected chi connectivity index (χ2v) is 5.78. The van der Waals surface area contributed by atoms with Crippen molar-refractivity contribution >= 4 is 17.5 Å². The number of carbonyl (C=O) groups excluding carboxylic acids is 1. The van der Waals surface area contributed by atoms with Crippen LogP contribution in [0.4, 0.5) is 0 Å². The molecule has 0 radical (unpaired) electrons. The van der Waals surface area contributed by atoms with E-state index in [0.717, 1.165) is 11.3 Å². The number of hydrogen-bond acceptors (Lipinski definition) is 5. The fourth-order valence-electron chi connectivity index (χ4n) is 2.04. The lowest BCUT2D eigenvalue weighted by molar-refractivity contribution is 0.102. The summed E-state index contributed by atoms with van der Waals surface area (Å²) in [5, 5.41) is 9.84. The molecule has 0 aliphatic heterocycles. The summed E-state index contributed by atoms with van der Waals surface area (Å²) in [5.41, 5.74) is 2.89. The lowest BCUT2D eigenvalue weighted by Crippen LogP contribution is -2.04. The maximum absolute atomic E-state index is 12.2. The number of rotatable bonds is 5. The van der Waals surface area contributed by atoms with E-state index in [1.807, 2.05) is 19.9 Å². The number of aryl methyl sites for hydroxylation is 2. The molecule has 0 bridgehead atoms. The molecule has 0 saturated carbocycles. The number of aromatic nitrogens is 1. The first kappa shape index (κ1) is 16.1. The van der Waals surface area contributed by atoms with Gasteiger partial charge in [0.15, 0.2) is 5.78 Å². The SMILES string of the molecule is COc1ccc(C(=O)CSc2nc(C)cc(C)c2C#N)cc1. The monoisotopic (exact) mass is 312 g/mol. The molecule has 5 heteroatoms. The van der Waals surface area contributed by atoms with Gasteiger partial charge in [-0.3, -0.25) is 4.79 Å². The second kappa shape index (κ2) is 7.10. The third-order valence-electron chi connectivity index (χ3n) is 3.18. The van der Waals surface area contributed by atoms with Crippen molar-refractivity contribution in [2.45, 2.75) is 18.9 Å². The minimum atomic E-state index is -0.00231. The van der Waals surface area contributed by atoms with Crippen molar-refractivity contribution in [2.24, 2.45) is 0 Å². The molecule has 0 aliphatic carbocycles. The van der Waals surface area contributed by atoms with Crippen LogP contribution in [-0.2, 0) is 0 Å². The van der Waals surface area contributed by atoms with Crippen molar-refractivity contribution < 1.29 is 9.53 Å². The zero-order valence-electron chi connectivity index (χ0n) is 12.7. The van der Waals surface area contributed by atoms with Crippen LogP contribution < -0.4 is 4.74 Å². The summed E-state index contributed by atoms with van der Waals surface area (Å²) in [6.07, 6.45) is 0. The molecular weight excluding hydrogens is 296 g/mol. The van der Waals surface area contributed by atoms with Gasteiger partial charge in [-0.25, -0.2) is 4.98 Å². The summed E-state index contributed by atoms with van der Waals surface area (Å²) < 4.78 is 5.07. The topological polar surface area (TPSA) is 63.0 Å². The molecule has 2 rings (SSSR count). The van der Waals surface area contributed by atoms with E-state index in [-0.39, 0.29) is 11.5 Å². The smallest absolute Gasteiger partial charge is 0.173 e. The third-order valence-corrected chi connectivity index (χ3v) is 4.15. The number of ether oxygens (including phenoxy) is 1. The van der Waals surface area contributed by atoms with Gasteiger partial charge in [-0.2, -0.15) is 5.26 Å². The summed E-state index contributed by atoms with van der Waals surface area (Å²) in [4.78, 5) is 16.6. The molecule has 4 nitrogen and oxygen atoms in total. The number of thioether (sulfide) groups is 1. The van der Waals surface area contributed by atoms with Crippen LogP contribution >= 0.6 is 11.8 Å².